The predicted octanol–water partition coefficient (Wildman–Crippen LogP) is 3.67. The van der Waals surface area contributed by atoms with Crippen LogP contribution in [0.25, 0.3) is 0 Å². The van der Waals surface area contributed by atoms with Gasteiger partial charge in [-0.3, -0.25) is 4.79 Å². The van der Waals surface area contributed by atoms with Gasteiger partial charge in [0.2, 0.25) is 5.91 Å². The average molecular weight is 327 g/mol. The van der Waals surface area contributed by atoms with Gasteiger partial charge in [-0.2, -0.15) is 0 Å². The fourth-order valence-electron chi connectivity index (χ4n) is 3.11. The van der Waals surface area contributed by atoms with Crippen molar-refractivity contribution in [1.82, 2.24) is 0 Å². The predicted molar refractivity (Wildman–Crippen MR) is 88.5 cm³/mol. The van der Waals surface area contributed by atoms with Crippen LogP contribution in [0, 0.1) is 5.82 Å². The summed E-state index contributed by atoms with van der Waals surface area (Å²) in [5.41, 5.74) is 2.34. The Morgan fingerprint density at radius 3 is 2.79 bits per heavy atom. The molecule has 3 rings (SSSR count). The van der Waals surface area contributed by atoms with Crippen LogP contribution >= 0.6 is 0 Å². The second-order valence-corrected chi connectivity index (χ2v) is 5.82. The van der Waals surface area contributed by atoms with Crippen molar-refractivity contribution in [2.75, 3.05) is 12.4 Å². The number of anilines is 1. The van der Waals surface area contributed by atoms with Gasteiger partial charge in [0, 0.05) is 0 Å². The lowest BCUT2D eigenvalue weighted by molar-refractivity contribution is -0.117. The summed E-state index contributed by atoms with van der Waals surface area (Å²) in [6.07, 6.45) is 2.59. The van der Waals surface area contributed by atoms with Crippen LogP contribution in [0.4, 0.5) is 10.1 Å². The normalized spacial score (nSPS) is 16.2. The van der Waals surface area contributed by atoms with Crippen LogP contribution in [0.2, 0.25) is 0 Å². The molecule has 0 fully saturated rings. The van der Waals surface area contributed by atoms with Gasteiger partial charge in [-0.1, -0.05) is 24.3 Å². The van der Waals surface area contributed by atoms with Crippen LogP contribution in [0.1, 0.15) is 40.2 Å². The number of nitrogens with one attached hydrogen (secondary N) is 1. The van der Waals surface area contributed by atoms with Crippen molar-refractivity contribution >= 4 is 17.6 Å². The maximum absolute atomic E-state index is 14.0. The Kier molecular flexibility index (Phi) is 4.60. The van der Waals surface area contributed by atoms with E-state index in [1.807, 2.05) is 24.3 Å². The van der Waals surface area contributed by atoms with E-state index < -0.39 is 11.8 Å². The van der Waals surface area contributed by atoms with E-state index in [4.69, 9.17) is 0 Å². The molecule has 1 N–H and O–H groups in total. The number of carbonyl (C=O) groups is 2. The number of hydrogen-bond donors (Lipinski definition) is 1. The molecule has 4 nitrogen and oxygen atoms in total. The zero-order chi connectivity index (χ0) is 17.1. The molecule has 2 aromatic carbocycles. The van der Waals surface area contributed by atoms with E-state index in [1.54, 1.807) is 0 Å². The lowest BCUT2D eigenvalue weighted by Crippen LogP contribution is -2.25. The highest BCUT2D eigenvalue weighted by molar-refractivity contribution is 5.98. The zero-order valence-electron chi connectivity index (χ0n) is 13.3. The minimum absolute atomic E-state index is 0.00838. The van der Waals surface area contributed by atoms with Gasteiger partial charge < -0.3 is 10.1 Å². The third-order valence-electron chi connectivity index (χ3n) is 4.33. The average Bonchev–Trinajstić information content (AvgIpc) is 2.62. The number of fused-ring (bicyclic) bond motifs is 1. The third kappa shape index (κ3) is 3.15. The van der Waals surface area contributed by atoms with Gasteiger partial charge in [-0.25, -0.2) is 9.18 Å². The van der Waals surface area contributed by atoms with Crippen molar-refractivity contribution in [3.63, 3.8) is 0 Å². The molecule has 0 aromatic heterocycles. The Balaban J connectivity index is 1.85. The molecule has 1 aliphatic carbocycles. The molecule has 24 heavy (non-hydrogen) atoms. The van der Waals surface area contributed by atoms with Gasteiger partial charge in [0.15, 0.2) is 0 Å². The van der Waals surface area contributed by atoms with E-state index >= 15 is 0 Å². The first-order valence-corrected chi connectivity index (χ1v) is 7.86. The molecule has 5 heteroatoms. The molecule has 0 saturated carbocycles. The van der Waals surface area contributed by atoms with Crippen LogP contribution in [-0.4, -0.2) is 19.0 Å². The second kappa shape index (κ2) is 6.83. The van der Waals surface area contributed by atoms with Gasteiger partial charge in [0.1, 0.15) is 5.82 Å². The van der Waals surface area contributed by atoms with Crippen molar-refractivity contribution < 1.29 is 18.7 Å². The number of benzene rings is 2. The number of methoxy groups -OCH3 is 1. The van der Waals surface area contributed by atoms with Crippen molar-refractivity contribution in [2.24, 2.45) is 0 Å². The smallest absolute Gasteiger partial charge is 0.337 e. The third-order valence-corrected chi connectivity index (χ3v) is 4.33. The van der Waals surface area contributed by atoms with Crippen LogP contribution in [0.3, 0.4) is 0 Å². The van der Waals surface area contributed by atoms with Crippen molar-refractivity contribution in [3.8, 4) is 0 Å². The fourth-order valence-corrected chi connectivity index (χ4v) is 3.11. The van der Waals surface area contributed by atoms with E-state index in [-0.39, 0.29) is 23.1 Å². The van der Waals surface area contributed by atoms with E-state index in [0.717, 1.165) is 36.5 Å². The Morgan fingerprint density at radius 1 is 1.21 bits per heavy atom. The van der Waals surface area contributed by atoms with E-state index in [0.29, 0.717) is 0 Å². The lowest BCUT2D eigenvalue weighted by atomic mass is 9.82. The fraction of sp³-hybridized carbons (Fsp3) is 0.263. The van der Waals surface area contributed by atoms with Crippen LogP contribution < -0.4 is 5.32 Å². The number of halogens is 1. The molecule has 2 aromatic rings. The highest BCUT2D eigenvalue weighted by Crippen LogP contribution is 2.32. The van der Waals surface area contributed by atoms with E-state index in [1.165, 1.54) is 19.2 Å². The van der Waals surface area contributed by atoms with Crippen LogP contribution in [0.5, 0.6) is 0 Å². The topological polar surface area (TPSA) is 55.4 Å². The molecule has 1 aliphatic rings. The second-order valence-electron chi connectivity index (χ2n) is 5.82. The highest BCUT2D eigenvalue weighted by Gasteiger charge is 2.26. The number of esters is 1. The maximum Gasteiger partial charge on any atom is 0.337 e. The summed E-state index contributed by atoms with van der Waals surface area (Å²) in [4.78, 5) is 24.2. The SMILES string of the molecule is COC(=O)c1ccc(F)c(NC(=O)C2CCCc3ccccc32)c1. The van der Waals surface area contributed by atoms with E-state index in [9.17, 15) is 14.0 Å². The standard InChI is InChI=1S/C19H18FNO3/c1-24-19(23)13-9-10-16(20)17(11-13)21-18(22)15-8-4-6-12-5-2-3-7-14(12)15/h2-3,5,7,9-11,15H,4,6,8H2,1H3,(H,21,22). The van der Waals surface area contributed by atoms with Crippen LogP contribution in [-0.2, 0) is 16.0 Å². The highest BCUT2D eigenvalue weighted by atomic mass is 19.1. The number of aryl methyl sites for hydroxylation is 1. The monoisotopic (exact) mass is 327 g/mol. The minimum atomic E-state index is -0.583. The number of hydrogen-bond acceptors (Lipinski definition) is 3. The molecule has 1 atom stereocenters. The van der Waals surface area contributed by atoms with Gasteiger partial charge in [-0.05, 0) is 48.6 Å². The molecule has 0 saturated heterocycles. The summed E-state index contributed by atoms with van der Waals surface area (Å²) in [6.45, 7) is 0. The summed E-state index contributed by atoms with van der Waals surface area (Å²) in [7, 11) is 1.25. The molecule has 0 spiro atoms. The Bertz CT molecular complexity index is 788. The minimum Gasteiger partial charge on any atom is -0.465 e. The summed E-state index contributed by atoms with van der Waals surface area (Å²) in [5, 5.41) is 2.62. The number of ether oxygens (including phenoxy) is 1. The first kappa shape index (κ1) is 16.2. The molecule has 0 heterocycles. The number of amides is 1. The first-order chi connectivity index (χ1) is 11.6. The quantitative estimate of drug-likeness (QED) is 0.875. The molecule has 124 valence electrons. The first-order valence-electron chi connectivity index (χ1n) is 7.86. The summed E-state index contributed by atoms with van der Waals surface area (Å²) in [5.74, 6) is -1.73. The van der Waals surface area contributed by atoms with Gasteiger partial charge in [-0.15, -0.1) is 0 Å². The largest absolute Gasteiger partial charge is 0.465 e. The van der Waals surface area contributed by atoms with Crippen molar-refractivity contribution in [3.05, 3.63) is 65.0 Å². The molecular weight excluding hydrogens is 309 g/mol. The van der Waals surface area contributed by atoms with Crippen molar-refractivity contribution in [2.45, 2.75) is 25.2 Å². The molecule has 0 radical (unpaired) electrons. The summed E-state index contributed by atoms with van der Waals surface area (Å²) >= 11 is 0. The maximum atomic E-state index is 14.0. The number of rotatable bonds is 3. The number of carbonyl (C=O) groups excluding carboxylic acids is 2. The molecule has 1 unspecified atom stereocenters. The van der Waals surface area contributed by atoms with Gasteiger partial charge >= 0.3 is 5.97 Å². The summed E-state index contributed by atoms with van der Waals surface area (Å²) < 4.78 is 18.6. The van der Waals surface area contributed by atoms with Crippen molar-refractivity contribution in [1.29, 1.82) is 0 Å². The molecule has 1 amide bonds. The van der Waals surface area contributed by atoms with Crippen LogP contribution in [0.15, 0.2) is 42.5 Å². The molecular formula is C19H18FNO3. The van der Waals surface area contributed by atoms with Gasteiger partial charge in [0.25, 0.3) is 0 Å². The lowest BCUT2D eigenvalue weighted by Gasteiger charge is -2.24. The molecule has 0 aliphatic heterocycles. The van der Waals surface area contributed by atoms with Gasteiger partial charge in [0.05, 0.1) is 24.3 Å². The summed E-state index contributed by atoms with van der Waals surface area (Å²) in [6, 6.07) is 11.6. The Labute approximate surface area is 139 Å². The Hall–Kier alpha value is -2.69. The van der Waals surface area contributed by atoms with E-state index in [2.05, 4.69) is 10.1 Å². The Morgan fingerprint density at radius 2 is 2.00 bits per heavy atom. The zero-order valence-corrected chi connectivity index (χ0v) is 13.3. The molecule has 0 bridgehead atoms.